The average molecular weight is 337 g/mol. The fourth-order valence-corrected chi connectivity index (χ4v) is 3.48. The van der Waals surface area contributed by atoms with Crippen molar-refractivity contribution in [3.63, 3.8) is 0 Å². The summed E-state index contributed by atoms with van der Waals surface area (Å²) in [7, 11) is 0. The zero-order valence-electron chi connectivity index (χ0n) is 15.4. The van der Waals surface area contributed by atoms with Crippen LogP contribution in [0.3, 0.4) is 0 Å². The number of hydrogen-bond acceptors (Lipinski definition) is 2. The fourth-order valence-electron chi connectivity index (χ4n) is 3.48. The monoisotopic (exact) mass is 337 g/mol. The topological polar surface area (TPSA) is 38.3 Å². The normalized spacial score (nSPS) is 14.5. The first kappa shape index (κ1) is 17.5. The number of aryl methyl sites for hydroxylation is 4. The van der Waals surface area contributed by atoms with Gasteiger partial charge in [0.2, 0.25) is 0 Å². The summed E-state index contributed by atoms with van der Waals surface area (Å²) < 4.78 is 6.03. The van der Waals surface area contributed by atoms with Gasteiger partial charge in [0.15, 0.2) is 6.10 Å². The van der Waals surface area contributed by atoms with Crippen LogP contribution in [0.25, 0.3) is 0 Å². The minimum atomic E-state index is -0.486. The molecule has 1 aliphatic carbocycles. The van der Waals surface area contributed by atoms with E-state index in [9.17, 15) is 4.79 Å². The molecule has 0 saturated heterocycles. The van der Waals surface area contributed by atoms with Gasteiger partial charge in [0.1, 0.15) is 5.75 Å². The Morgan fingerprint density at radius 3 is 2.44 bits per heavy atom. The molecule has 0 saturated carbocycles. The zero-order chi connectivity index (χ0) is 17.8. The third-order valence-corrected chi connectivity index (χ3v) is 4.99. The summed E-state index contributed by atoms with van der Waals surface area (Å²) in [5, 5.41) is 3.05. The molecule has 0 spiro atoms. The number of fused-ring (bicyclic) bond motifs is 1. The highest BCUT2D eigenvalue weighted by molar-refractivity contribution is 5.95. The van der Waals surface area contributed by atoms with Crippen LogP contribution in [0.1, 0.15) is 48.4 Å². The molecule has 1 amide bonds. The molecule has 1 atom stereocenters. The van der Waals surface area contributed by atoms with Gasteiger partial charge in [-0.3, -0.25) is 4.79 Å². The van der Waals surface area contributed by atoms with Crippen molar-refractivity contribution in [1.29, 1.82) is 0 Å². The number of ether oxygens (including phenoxy) is 1. The molecule has 25 heavy (non-hydrogen) atoms. The van der Waals surface area contributed by atoms with Crippen LogP contribution in [-0.4, -0.2) is 12.0 Å². The molecule has 0 bridgehead atoms. The third-order valence-electron chi connectivity index (χ3n) is 4.99. The first-order valence-corrected chi connectivity index (χ1v) is 9.24. The molecule has 3 nitrogen and oxygen atoms in total. The fraction of sp³-hybridized carbons (Fsp3) is 0.409. The zero-order valence-corrected chi connectivity index (χ0v) is 15.4. The van der Waals surface area contributed by atoms with E-state index in [-0.39, 0.29) is 5.91 Å². The SMILES string of the molecule is CC[C@@H](Oc1ccc2c(c1)CCCC2)C(=O)Nc1c(C)cccc1C. The van der Waals surface area contributed by atoms with E-state index in [1.807, 2.05) is 45.0 Å². The van der Waals surface area contributed by atoms with Crippen molar-refractivity contribution in [1.82, 2.24) is 0 Å². The van der Waals surface area contributed by atoms with Crippen molar-refractivity contribution < 1.29 is 9.53 Å². The van der Waals surface area contributed by atoms with Gasteiger partial charge in [-0.2, -0.15) is 0 Å². The minimum absolute atomic E-state index is 0.0855. The second-order valence-corrected chi connectivity index (χ2v) is 6.91. The van der Waals surface area contributed by atoms with Gasteiger partial charge in [-0.15, -0.1) is 0 Å². The van der Waals surface area contributed by atoms with Crippen LogP contribution in [0.4, 0.5) is 5.69 Å². The van der Waals surface area contributed by atoms with E-state index in [4.69, 9.17) is 4.74 Å². The van der Waals surface area contributed by atoms with Crippen molar-refractivity contribution >= 4 is 11.6 Å². The van der Waals surface area contributed by atoms with Crippen molar-refractivity contribution in [3.05, 3.63) is 58.7 Å². The maximum Gasteiger partial charge on any atom is 0.265 e. The number of nitrogens with one attached hydrogen (secondary N) is 1. The van der Waals surface area contributed by atoms with E-state index in [0.29, 0.717) is 6.42 Å². The molecule has 0 unspecified atom stereocenters. The number of rotatable bonds is 5. The van der Waals surface area contributed by atoms with Crippen molar-refractivity contribution in [2.45, 2.75) is 59.0 Å². The Bertz CT molecular complexity index is 746. The standard InChI is InChI=1S/C22H27NO2/c1-4-20(22(24)23-21-15(2)8-7-9-16(21)3)25-19-13-12-17-10-5-6-11-18(17)14-19/h7-9,12-14,20H,4-6,10-11H2,1-3H3,(H,23,24)/t20-/m1/s1. The molecule has 3 heteroatoms. The number of para-hydroxylation sites is 1. The lowest BCUT2D eigenvalue weighted by Crippen LogP contribution is -2.33. The maximum atomic E-state index is 12.7. The smallest absolute Gasteiger partial charge is 0.265 e. The second-order valence-electron chi connectivity index (χ2n) is 6.91. The van der Waals surface area contributed by atoms with Crippen LogP contribution in [0.5, 0.6) is 5.75 Å². The summed E-state index contributed by atoms with van der Waals surface area (Å²) in [6, 6.07) is 12.3. The highest BCUT2D eigenvalue weighted by atomic mass is 16.5. The Hall–Kier alpha value is -2.29. The molecule has 0 heterocycles. The van der Waals surface area contributed by atoms with Gasteiger partial charge in [0.05, 0.1) is 0 Å². The number of anilines is 1. The third kappa shape index (κ3) is 4.04. The molecule has 1 aliphatic rings. The summed E-state index contributed by atoms with van der Waals surface area (Å²) >= 11 is 0. The predicted octanol–water partition coefficient (Wildman–Crippen LogP) is 4.98. The Morgan fingerprint density at radius 2 is 1.76 bits per heavy atom. The Kier molecular flexibility index (Phi) is 5.42. The van der Waals surface area contributed by atoms with Gasteiger partial charge in [-0.25, -0.2) is 0 Å². The number of amides is 1. The first-order valence-electron chi connectivity index (χ1n) is 9.24. The molecule has 0 fully saturated rings. The molecule has 0 aliphatic heterocycles. The van der Waals surface area contributed by atoms with Gasteiger partial charge in [0.25, 0.3) is 5.91 Å². The van der Waals surface area contributed by atoms with Crippen LogP contribution >= 0.6 is 0 Å². The summed E-state index contributed by atoms with van der Waals surface area (Å²) in [4.78, 5) is 12.7. The molecule has 0 radical (unpaired) electrons. The van der Waals surface area contributed by atoms with Gasteiger partial charge >= 0.3 is 0 Å². The van der Waals surface area contributed by atoms with E-state index >= 15 is 0 Å². The summed E-state index contributed by atoms with van der Waals surface area (Å²) in [6.07, 6.45) is 4.91. The Morgan fingerprint density at radius 1 is 1.08 bits per heavy atom. The van der Waals surface area contributed by atoms with E-state index in [1.54, 1.807) is 0 Å². The van der Waals surface area contributed by atoms with Gasteiger partial charge in [-0.05, 0) is 80.3 Å². The molecule has 0 aromatic heterocycles. The van der Waals surface area contributed by atoms with Crippen LogP contribution in [0.2, 0.25) is 0 Å². The van der Waals surface area contributed by atoms with Crippen molar-refractivity contribution in [2.75, 3.05) is 5.32 Å². The predicted molar refractivity (Wildman–Crippen MR) is 102 cm³/mol. The largest absolute Gasteiger partial charge is 0.481 e. The minimum Gasteiger partial charge on any atom is -0.481 e. The van der Waals surface area contributed by atoms with E-state index in [2.05, 4.69) is 17.4 Å². The molecular formula is C22H27NO2. The molecule has 2 aromatic carbocycles. The Balaban J connectivity index is 1.73. The van der Waals surface area contributed by atoms with Crippen molar-refractivity contribution in [3.8, 4) is 5.75 Å². The van der Waals surface area contributed by atoms with E-state index in [0.717, 1.165) is 35.4 Å². The van der Waals surface area contributed by atoms with Crippen LogP contribution in [0.15, 0.2) is 36.4 Å². The van der Waals surface area contributed by atoms with Gasteiger partial charge in [0, 0.05) is 5.69 Å². The lowest BCUT2D eigenvalue weighted by atomic mass is 9.92. The first-order chi connectivity index (χ1) is 12.1. The van der Waals surface area contributed by atoms with Crippen molar-refractivity contribution in [2.24, 2.45) is 0 Å². The second kappa shape index (κ2) is 7.73. The number of carbonyl (C=O) groups excluding carboxylic acids is 1. The van der Waals surface area contributed by atoms with Crippen LogP contribution in [-0.2, 0) is 17.6 Å². The molecular weight excluding hydrogens is 310 g/mol. The highest BCUT2D eigenvalue weighted by Crippen LogP contribution is 2.26. The maximum absolute atomic E-state index is 12.7. The Labute approximate surface area is 150 Å². The van der Waals surface area contributed by atoms with Crippen LogP contribution < -0.4 is 10.1 Å². The number of carbonyl (C=O) groups is 1. The molecule has 1 N–H and O–H groups in total. The molecule has 2 aromatic rings. The summed E-state index contributed by atoms with van der Waals surface area (Å²) in [5.74, 6) is 0.710. The number of hydrogen-bond donors (Lipinski definition) is 1. The highest BCUT2D eigenvalue weighted by Gasteiger charge is 2.20. The number of benzene rings is 2. The lowest BCUT2D eigenvalue weighted by Gasteiger charge is -2.21. The van der Waals surface area contributed by atoms with Gasteiger partial charge < -0.3 is 10.1 Å². The van der Waals surface area contributed by atoms with E-state index < -0.39 is 6.10 Å². The molecule has 132 valence electrons. The average Bonchev–Trinajstić information content (AvgIpc) is 2.62. The summed E-state index contributed by atoms with van der Waals surface area (Å²) in [6.45, 7) is 6.00. The van der Waals surface area contributed by atoms with E-state index in [1.165, 1.54) is 24.0 Å². The summed E-state index contributed by atoms with van der Waals surface area (Å²) in [5.41, 5.74) is 5.81. The van der Waals surface area contributed by atoms with Gasteiger partial charge in [-0.1, -0.05) is 31.2 Å². The molecule has 3 rings (SSSR count). The van der Waals surface area contributed by atoms with Crippen LogP contribution in [0, 0.1) is 13.8 Å². The quantitative estimate of drug-likeness (QED) is 0.836. The lowest BCUT2D eigenvalue weighted by molar-refractivity contribution is -0.122.